The highest BCUT2D eigenvalue weighted by molar-refractivity contribution is 5.99. The van der Waals surface area contributed by atoms with E-state index in [1.54, 1.807) is 24.3 Å². The number of carboxylic acids is 1. The number of nitrogens with zero attached hydrogens (tertiary/aromatic N) is 1. The standard InChI is InChI=1S/C21H24N2O2/c1-15(22-23-20-13-11-19(12-14-20)21(24)25)16-7-9-18(10-8-16)17-5-3-2-4-6-17/h7-14,17,23H,2-6H2,1H3,(H,24,25). The summed E-state index contributed by atoms with van der Waals surface area (Å²) in [7, 11) is 0. The van der Waals surface area contributed by atoms with Crippen molar-refractivity contribution in [2.45, 2.75) is 44.9 Å². The minimum Gasteiger partial charge on any atom is -0.478 e. The molecule has 2 aromatic carbocycles. The summed E-state index contributed by atoms with van der Waals surface area (Å²) in [6, 6.07) is 15.3. The van der Waals surface area contributed by atoms with E-state index in [2.05, 4.69) is 34.8 Å². The predicted octanol–water partition coefficient (Wildman–Crippen LogP) is 5.27. The minimum atomic E-state index is -0.927. The number of hydrogen-bond acceptors (Lipinski definition) is 3. The Morgan fingerprint density at radius 1 is 0.960 bits per heavy atom. The SMILES string of the molecule is CC(=NNc1ccc(C(=O)O)cc1)c1ccc(C2CCCCC2)cc1. The number of aromatic carboxylic acids is 1. The lowest BCUT2D eigenvalue weighted by atomic mass is 9.84. The topological polar surface area (TPSA) is 61.7 Å². The van der Waals surface area contributed by atoms with Gasteiger partial charge in [-0.15, -0.1) is 0 Å². The fourth-order valence-corrected chi connectivity index (χ4v) is 3.33. The third kappa shape index (κ3) is 4.47. The molecule has 130 valence electrons. The number of hydrogen-bond donors (Lipinski definition) is 2. The predicted molar refractivity (Wildman–Crippen MR) is 102 cm³/mol. The smallest absolute Gasteiger partial charge is 0.335 e. The van der Waals surface area contributed by atoms with Crippen LogP contribution in [0.15, 0.2) is 53.6 Å². The zero-order chi connectivity index (χ0) is 17.6. The third-order valence-corrected chi connectivity index (χ3v) is 4.89. The van der Waals surface area contributed by atoms with Gasteiger partial charge in [0.15, 0.2) is 0 Å². The summed E-state index contributed by atoms with van der Waals surface area (Å²) in [6.07, 6.45) is 6.68. The first-order chi connectivity index (χ1) is 12.1. The summed E-state index contributed by atoms with van der Waals surface area (Å²) < 4.78 is 0. The van der Waals surface area contributed by atoms with E-state index in [1.165, 1.54) is 37.7 Å². The molecule has 0 spiro atoms. The van der Waals surface area contributed by atoms with Crippen LogP contribution < -0.4 is 5.43 Å². The number of hydrazone groups is 1. The Morgan fingerprint density at radius 3 is 2.16 bits per heavy atom. The van der Waals surface area contributed by atoms with E-state index >= 15 is 0 Å². The summed E-state index contributed by atoms with van der Waals surface area (Å²) >= 11 is 0. The second kappa shape index (κ2) is 7.97. The third-order valence-electron chi connectivity index (χ3n) is 4.89. The van der Waals surface area contributed by atoms with Crippen molar-refractivity contribution >= 4 is 17.4 Å². The number of nitrogens with one attached hydrogen (secondary N) is 1. The van der Waals surface area contributed by atoms with Gasteiger partial charge in [0.25, 0.3) is 0 Å². The fourth-order valence-electron chi connectivity index (χ4n) is 3.33. The van der Waals surface area contributed by atoms with Crippen molar-refractivity contribution < 1.29 is 9.90 Å². The van der Waals surface area contributed by atoms with Gasteiger partial charge in [-0.1, -0.05) is 43.5 Å². The van der Waals surface area contributed by atoms with Crippen LogP contribution in [-0.4, -0.2) is 16.8 Å². The van der Waals surface area contributed by atoms with E-state index in [1.807, 2.05) is 6.92 Å². The Bertz CT molecular complexity index is 742. The lowest BCUT2D eigenvalue weighted by Crippen LogP contribution is -2.05. The molecular weight excluding hydrogens is 312 g/mol. The molecule has 4 heteroatoms. The van der Waals surface area contributed by atoms with Gasteiger partial charge in [-0.3, -0.25) is 5.43 Å². The zero-order valence-corrected chi connectivity index (χ0v) is 14.5. The summed E-state index contributed by atoms with van der Waals surface area (Å²) in [5.74, 6) is -0.213. The molecule has 0 atom stereocenters. The van der Waals surface area contributed by atoms with Gasteiger partial charge in [0, 0.05) is 0 Å². The normalized spacial score (nSPS) is 15.8. The molecule has 2 aromatic rings. The molecule has 1 aliphatic carbocycles. The summed E-state index contributed by atoms with van der Waals surface area (Å²) in [5.41, 5.74) is 7.45. The molecule has 0 radical (unpaired) electrons. The molecule has 1 saturated carbocycles. The van der Waals surface area contributed by atoms with Crippen LogP contribution in [0.5, 0.6) is 0 Å². The second-order valence-electron chi connectivity index (χ2n) is 6.65. The van der Waals surface area contributed by atoms with Crippen molar-refractivity contribution in [1.29, 1.82) is 0 Å². The lowest BCUT2D eigenvalue weighted by molar-refractivity contribution is 0.0697. The molecular formula is C21H24N2O2. The van der Waals surface area contributed by atoms with Gasteiger partial charge in [-0.2, -0.15) is 5.10 Å². The molecule has 1 fully saturated rings. The van der Waals surface area contributed by atoms with E-state index < -0.39 is 5.97 Å². The van der Waals surface area contributed by atoms with Crippen LogP contribution in [0.1, 0.15) is 66.4 Å². The van der Waals surface area contributed by atoms with Crippen molar-refractivity contribution in [1.82, 2.24) is 0 Å². The largest absolute Gasteiger partial charge is 0.478 e. The number of rotatable bonds is 5. The van der Waals surface area contributed by atoms with Crippen LogP contribution in [0.25, 0.3) is 0 Å². The Balaban J connectivity index is 1.64. The maximum atomic E-state index is 10.9. The Kier molecular flexibility index (Phi) is 5.49. The average molecular weight is 336 g/mol. The van der Waals surface area contributed by atoms with Gasteiger partial charge in [0.2, 0.25) is 0 Å². The van der Waals surface area contributed by atoms with Gasteiger partial charge in [-0.05, 0) is 61.1 Å². The number of carboxylic acid groups (broad SMARTS) is 1. The molecule has 25 heavy (non-hydrogen) atoms. The Morgan fingerprint density at radius 2 is 1.56 bits per heavy atom. The highest BCUT2D eigenvalue weighted by Crippen LogP contribution is 2.32. The number of anilines is 1. The first-order valence-corrected chi connectivity index (χ1v) is 8.87. The van der Waals surface area contributed by atoms with Crippen molar-refractivity contribution in [3.8, 4) is 0 Å². The molecule has 0 unspecified atom stereocenters. The monoisotopic (exact) mass is 336 g/mol. The summed E-state index contributed by atoms with van der Waals surface area (Å²) in [6.45, 7) is 1.97. The minimum absolute atomic E-state index is 0.268. The second-order valence-corrected chi connectivity index (χ2v) is 6.65. The molecule has 0 aliphatic heterocycles. The van der Waals surface area contributed by atoms with E-state index in [-0.39, 0.29) is 5.56 Å². The fraction of sp³-hybridized carbons (Fsp3) is 0.333. The Labute approximate surface area is 148 Å². The number of carbonyl (C=O) groups is 1. The van der Waals surface area contributed by atoms with Gasteiger partial charge in [0.05, 0.1) is 17.0 Å². The molecule has 0 heterocycles. The molecule has 4 nitrogen and oxygen atoms in total. The first-order valence-electron chi connectivity index (χ1n) is 8.87. The van der Waals surface area contributed by atoms with Crippen LogP contribution in [0.2, 0.25) is 0 Å². The summed E-state index contributed by atoms with van der Waals surface area (Å²) in [5, 5.41) is 13.3. The summed E-state index contributed by atoms with van der Waals surface area (Å²) in [4.78, 5) is 10.9. The van der Waals surface area contributed by atoms with Gasteiger partial charge >= 0.3 is 5.97 Å². The molecule has 0 amide bonds. The van der Waals surface area contributed by atoms with E-state index in [9.17, 15) is 4.79 Å². The lowest BCUT2D eigenvalue weighted by Gasteiger charge is -2.22. The first kappa shape index (κ1) is 17.2. The molecule has 0 bridgehead atoms. The van der Waals surface area contributed by atoms with Gasteiger partial charge < -0.3 is 5.11 Å². The zero-order valence-electron chi connectivity index (χ0n) is 14.5. The maximum absolute atomic E-state index is 10.9. The van der Waals surface area contributed by atoms with Crippen LogP contribution in [0.3, 0.4) is 0 Å². The Hall–Kier alpha value is -2.62. The van der Waals surface area contributed by atoms with E-state index in [0.29, 0.717) is 5.92 Å². The molecule has 0 saturated heterocycles. The van der Waals surface area contributed by atoms with E-state index in [0.717, 1.165) is 17.0 Å². The van der Waals surface area contributed by atoms with Gasteiger partial charge in [-0.25, -0.2) is 4.79 Å². The average Bonchev–Trinajstić information content (AvgIpc) is 2.67. The maximum Gasteiger partial charge on any atom is 0.335 e. The molecule has 0 aromatic heterocycles. The quantitative estimate of drug-likeness (QED) is 0.577. The van der Waals surface area contributed by atoms with Crippen LogP contribution in [0, 0.1) is 0 Å². The van der Waals surface area contributed by atoms with Crippen molar-refractivity contribution in [2.75, 3.05) is 5.43 Å². The van der Waals surface area contributed by atoms with Crippen LogP contribution in [-0.2, 0) is 0 Å². The van der Waals surface area contributed by atoms with Crippen LogP contribution >= 0.6 is 0 Å². The molecule has 2 N–H and O–H groups in total. The number of benzene rings is 2. The van der Waals surface area contributed by atoms with Gasteiger partial charge in [0.1, 0.15) is 0 Å². The highest BCUT2D eigenvalue weighted by atomic mass is 16.4. The van der Waals surface area contributed by atoms with Crippen molar-refractivity contribution in [3.05, 3.63) is 65.2 Å². The molecule has 3 rings (SSSR count). The van der Waals surface area contributed by atoms with Crippen molar-refractivity contribution in [3.63, 3.8) is 0 Å². The van der Waals surface area contributed by atoms with E-state index in [4.69, 9.17) is 5.11 Å². The van der Waals surface area contributed by atoms with Crippen LogP contribution in [0.4, 0.5) is 5.69 Å². The van der Waals surface area contributed by atoms with Crippen molar-refractivity contribution in [2.24, 2.45) is 5.10 Å². The highest BCUT2D eigenvalue weighted by Gasteiger charge is 2.15. The molecule has 1 aliphatic rings.